The predicted octanol–water partition coefficient (Wildman–Crippen LogP) is 2.12. The highest BCUT2D eigenvalue weighted by Gasteiger charge is 2.38. The van der Waals surface area contributed by atoms with Gasteiger partial charge in [-0.15, -0.1) is 5.73 Å². The molecule has 1 aliphatic carbocycles. The van der Waals surface area contributed by atoms with Crippen LogP contribution in [0, 0.1) is 6.92 Å². The van der Waals surface area contributed by atoms with Gasteiger partial charge in [0.15, 0.2) is 21.4 Å². The van der Waals surface area contributed by atoms with Gasteiger partial charge in [0.25, 0.3) is 0 Å². The Morgan fingerprint density at radius 3 is 2.78 bits per heavy atom. The average molecular weight is 339 g/mol. The maximum absolute atomic E-state index is 14.6. The molecule has 0 aromatic carbocycles. The maximum Gasteiger partial charge on any atom is 0.198 e. The van der Waals surface area contributed by atoms with Crippen LogP contribution in [0.15, 0.2) is 29.2 Å². The number of aliphatic imine (C=N–C) groups is 1. The van der Waals surface area contributed by atoms with Gasteiger partial charge in [0.1, 0.15) is 12.5 Å². The zero-order valence-corrected chi connectivity index (χ0v) is 14.2. The molecule has 0 saturated carbocycles. The molecule has 23 heavy (non-hydrogen) atoms. The lowest BCUT2D eigenvalue weighted by Gasteiger charge is -2.23. The van der Waals surface area contributed by atoms with Crippen LogP contribution in [0.25, 0.3) is 0 Å². The molecular weight excluding hydrogens is 321 g/mol. The Bertz CT molecular complexity index is 813. The Morgan fingerprint density at radius 2 is 2.17 bits per heavy atom. The van der Waals surface area contributed by atoms with Gasteiger partial charge < -0.3 is 4.74 Å². The van der Waals surface area contributed by atoms with Crippen molar-refractivity contribution < 1.29 is 17.5 Å². The zero-order chi connectivity index (χ0) is 17.3. The van der Waals surface area contributed by atoms with E-state index in [4.69, 9.17) is 4.74 Å². The zero-order valence-electron chi connectivity index (χ0n) is 13.4. The van der Waals surface area contributed by atoms with Gasteiger partial charge >= 0.3 is 0 Å². The minimum Gasteiger partial charge on any atom is -0.491 e. The highest BCUT2D eigenvalue weighted by molar-refractivity contribution is 7.92. The lowest BCUT2D eigenvalue weighted by molar-refractivity contribution is 0.378. The van der Waals surface area contributed by atoms with Crippen LogP contribution in [-0.2, 0) is 9.84 Å². The molecule has 0 bridgehead atoms. The fraction of sp³-hybridized carbons (Fsp3) is 0.467. The third kappa shape index (κ3) is 3.48. The van der Waals surface area contributed by atoms with Gasteiger partial charge in [-0.3, -0.25) is 0 Å². The third-order valence-electron chi connectivity index (χ3n) is 3.77. The number of aryl methyl sites for hydroxylation is 1. The normalized spacial score (nSPS) is 26.3. The molecule has 1 aromatic heterocycles. The summed E-state index contributed by atoms with van der Waals surface area (Å²) in [6.45, 7) is 3.19. The number of ether oxygens (including phenoxy) is 1. The fourth-order valence-electron chi connectivity index (χ4n) is 2.16. The van der Waals surface area contributed by atoms with E-state index in [1.165, 1.54) is 32.5 Å². The van der Waals surface area contributed by atoms with E-state index < -0.39 is 20.8 Å². The molecule has 8 heteroatoms. The maximum atomic E-state index is 14.6. The van der Waals surface area contributed by atoms with Crippen LogP contribution in [0.5, 0.6) is 5.75 Å². The standard InChI is InChI=1S/C15H18FN3O3S/c1-10-13(22-3)14(18-9-17-10)19-12-6-5-7-15(2,8-11(12)16)23(4,20)21/h6-7,9,11H,8H2,1-4H3. The van der Waals surface area contributed by atoms with E-state index >= 15 is 0 Å². The average Bonchev–Trinajstić information content (AvgIpc) is 2.58. The van der Waals surface area contributed by atoms with Gasteiger partial charge in [-0.1, -0.05) is 0 Å². The first kappa shape index (κ1) is 17.3. The molecule has 1 aromatic rings. The molecule has 0 amide bonds. The number of sulfone groups is 1. The quantitative estimate of drug-likeness (QED) is 0.788. The first-order valence-corrected chi connectivity index (χ1v) is 8.78. The highest BCUT2D eigenvalue weighted by atomic mass is 32.2. The number of hydrogen-bond donors (Lipinski definition) is 0. The number of rotatable bonds is 3. The van der Waals surface area contributed by atoms with Gasteiger partial charge in [-0.25, -0.2) is 27.8 Å². The second-order valence-electron chi connectivity index (χ2n) is 5.56. The van der Waals surface area contributed by atoms with Crippen molar-refractivity contribution in [2.24, 2.45) is 4.99 Å². The van der Waals surface area contributed by atoms with Crippen LogP contribution in [-0.4, -0.2) is 48.4 Å². The molecule has 0 saturated heterocycles. The smallest absolute Gasteiger partial charge is 0.198 e. The van der Waals surface area contributed by atoms with Gasteiger partial charge in [0, 0.05) is 18.8 Å². The molecule has 0 fully saturated rings. The number of halogens is 1. The first-order chi connectivity index (χ1) is 10.7. The van der Waals surface area contributed by atoms with Crippen LogP contribution in [0.4, 0.5) is 10.2 Å². The van der Waals surface area contributed by atoms with E-state index in [2.05, 4.69) is 20.7 Å². The lowest BCUT2D eigenvalue weighted by atomic mass is 10.0. The summed E-state index contributed by atoms with van der Waals surface area (Å²) in [5, 5.41) is 0. The van der Waals surface area contributed by atoms with E-state index in [1.54, 1.807) is 6.92 Å². The summed E-state index contributed by atoms with van der Waals surface area (Å²) in [5.74, 6) is 0.540. The van der Waals surface area contributed by atoms with Crippen molar-refractivity contribution in [1.82, 2.24) is 9.97 Å². The summed E-state index contributed by atoms with van der Waals surface area (Å²) in [4.78, 5) is 12.1. The Balaban J connectivity index is 2.45. The largest absolute Gasteiger partial charge is 0.491 e. The lowest BCUT2D eigenvalue weighted by Crippen LogP contribution is -2.36. The van der Waals surface area contributed by atoms with Crippen molar-refractivity contribution in [1.29, 1.82) is 0 Å². The molecule has 2 rings (SSSR count). The minimum atomic E-state index is -3.48. The summed E-state index contributed by atoms with van der Waals surface area (Å²) in [6, 6.07) is 0. The van der Waals surface area contributed by atoms with E-state index in [1.807, 2.05) is 0 Å². The van der Waals surface area contributed by atoms with Crippen LogP contribution in [0.2, 0.25) is 0 Å². The first-order valence-electron chi connectivity index (χ1n) is 6.89. The monoisotopic (exact) mass is 339 g/mol. The summed E-state index contributed by atoms with van der Waals surface area (Å²) < 4.78 is 42.2. The fourth-order valence-corrected chi connectivity index (χ4v) is 2.90. The molecule has 0 N–H and O–H groups in total. The summed E-state index contributed by atoms with van der Waals surface area (Å²) >= 11 is 0. The van der Waals surface area contributed by atoms with Gasteiger partial charge in [0.05, 0.1) is 23.3 Å². The predicted molar refractivity (Wildman–Crippen MR) is 85.8 cm³/mol. The Kier molecular flexibility index (Phi) is 4.68. The molecule has 0 spiro atoms. The SMILES string of the molecule is COc1c(C)ncnc1N=C1C=C=CC(C)(S(C)(=O)=O)CC1F. The van der Waals surface area contributed by atoms with Crippen molar-refractivity contribution in [3.8, 4) is 5.75 Å². The summed E-state index contributed by atoms with van der Waals surface area (Å²) in [7, 11) is -2.03. The number of methoxy groups -OCH3 is 1. The van der Waals surface area contributed by atoms with Crippen LogP contribution in [0.1, 0.15) is 19.0 Å². The molecule has 0 radical (unpaired) electrons. The van der Waals surface area contributed by atoms with Crippen molar-refractivity contribution >= 4 is 21.4 Å². The Hall–Kier alpha value is -2.05. The number of nitrogens with zero attached hydrogens (tertiary/aromatic N) is 3. The summed E-state index contributed by atoms with van der Waals surface area (Å²) in [6.07, 6.45) is 3.28. The molecule has 0 aliphatic heterocycles. The third-order valence-corrected chi connectivity index (χ3v) is 5.75. The second kappa shape index (κ2) is 6.22. The Morgan fingerprint density at radius 1 is 1.48 bits per heavy atom. The number of hydrogen-bond acceptors (Lipinski definition) is 6. The highest BCUT2D eigenvalue weighted by Crippen LogP contribution is 2.31. The van der Waals surface area contributed by atoms with Crippen molar-refractivity contribution in [2.45, 2.75) is 31.2 Å². The minimum absolute atomic E-state index is 0.0463. The molecule has 6 nitrogen and oxygen atoms in total. The topological polar surface area (TPSA) is 81.5 Å². The molecule has 1 heterocycles. The number of aromatic nitrogens is 2. The molecule has 2 atom stereocenters. The van der Waals surface area contributed by atoms with E-state index in [0.29, 0.717) is 11.4 Å². The van der Waals surface area contributed by atoms with Crippen molar-refractivity contribution in [2.75, 3.05) is 13.4 Å². The number of alkyl halides is 1. The molecule has 1 aliphatic rings. The molecular formula is C15H18FN3O3S. The van der Waals surface area contributed by atoms with Crippen LogP contribution in [0.3, 0.4) is 0 Å². The van der Waals surface area contributed by atoms with Gasteiger partial charge in [-0.05, 0) is 19.9 Å². The molecule has 124 valence electrons. The van der Waals surface area contributed by atoms with E-state index in [0.717, 1.165) is 6.26 Å². The summed E-state index contributed by atoms with van der Waals surface area (Å²) in [5.41, 5.74) is 3.33. The molecule has 2 unspecified atom stereocenters. The Labute approximate surface area is 134 Å². The van der Waals surface area contributed by atoms with Crippen LogP contribution >= 0.6 is 0 Å². The van der Waals surface area contributed by atoms with Crippen molar-refractivity contribution in [3.63, 3.8) is 0 Å². The van der Waals surface area contributed by atoms with Crippen molar-refractivity contribution in [3.05, 3.63) is 29.9 Å². The van der Waals surface area contributed by atoms with Gasteiger partial charge in [0.2, 0.25) is 0 Å². The van der Waals surface area contributed by atoms with Gasteiger partial charge in [-0.2, -0.15) is 0 Å². The van der Waals surface area contributed by atoms with E-state index in [-0.39, 0.29) is 18.0 Å². The second-order valence-corrected chi connectivity index (χ2v) is 8.04. The van der Waals surface area contributed by atoms with Crippen LogP contribution < -0.4 is 4.74 Å². The van der Waals surface area contributed by atoms with E-state index in [9.17, 15) is 12.8 Å².